The molecule has 3 N–H and O–H groups in total. The maximum atomic E-state index is 10.5. The molecule has 0 saturated carbocycles. The first kappa shape index (κ1) is 18.4. The van der Waals surface area contributed by atoms with Gasteiger partial charge < -0.3 is 25.2 Å². The minimum absolute atomic E-state index is 0. The number of aromatic carboxylic acids is 2. The molecule has 8 heteroatoms. The van der Waals surface area contributed by atoms with Crippen LogP contribution in [0.4, 0.5) is 4.79 Å². The third-order valence-corrected chi connectivity index (χ3v) is 1.39. The van der Waals surface area contributed by atoms with Gasteiger partial charge in [0.05, 0.1) is 11.1 Å². The van der Waals surface area contributed by atoms with Crippen LogP contribution in [0, 0.1) is 0 Å². The SMILES string of the molecule is O=C(O)c1ccccc1C(=O)O.O=C([O-])O.[K+]. The molecule has 0 unspecified atom stereocenters. The van der Waals surface area contributed by atoms with Gasteiger partial charge in [0.25, 0.3) is 0 Å². The molecule has 0 aliphatic carbocycles. The number of hydrogen-bond donors (Lipinski definition) is 3. The number of carbonyl (C=O) groups is 3. The van der Waals surface area contributed by atoms with Crippen LogP contribution in [0.15, 0.2) is 24.3 Å². The fourth-order valence-corrected chi connectivity index (χ4v) is 0.856. The van der Waals surface area contributed by atoms with Crippen LogP contribution < -0.4 is 56.5 Å². The molecule has 86 valence electrons. The molecule has 0 aliphatic rings. The quantitative estimate of drug-likeness (QED) is 0.485. The first-order valence-corrected chi connectivity index (χ1v) is 3.81. The normalized spacial score (nSPS) is 8.00. The molecule has 0 fully saturated rings. The average Bonchev–Trinajstić information content (AvgIpc) is 2.16. The van der Waals surface area contributed by atoms with Crippen LogP contribution in [0.3, 0.4) is 0 Å². The molecule has 0 bridgehead atoms. The Kier molecular flexibility index (Phi) is 9.90. The summed E-state index contributed by atoms with van der Waals surface area (Å²) in [6, 6.07) is 5.48. The summed E-state index contributed by atoms with van der Waals surface area (Å²) in [6.45, 7) is 0. The first-order chi connectivity index (χ1) is 7.36. The zero-order chi connectivity index (χ0) is 12.7. The van der Waals surface area contributed by atoms with Crippen molar-refractivity contribution in [3.8, 4) is 0 Å². The van der Waals surface area contributed by atoms with Crippen LogP contribution in [0.25, 0.3) is 0 Å². The van der Waals surface area contributed by atoms with Gasteiger partial charge >= 0.3 is 63.3 Å². The third kappa shape index (κ3) is 7.88. The first-order valence-electron chi connectivity index (χ1n) is 3.81. The van der Waals surface area contributed by atoms with E-state index >= 15 is 0 Å². The Morgan fingerprint density at radius 3 is 1.29 bits per heavy atom. The van der Waals surface area contributed by atoms with E-state index in [-0.39, 0.29) is 62.5 Å². The van der Waals surface area contributed by atoms with Gasteiger partial charge in [-0.15, -0.1) is 0 Å². The molecule has 1 aromatic rings. The van der Waals surface area contributed by atoms with Crippen molar-refractivity contribution in [2.45, 2.75) is 0 Å². The summed E-state index contributed by atoms with van der Waals surface area (Å²) in [5.41, 5.74) is -0.380. The molecule has 7 nitrogen and oxygen atoms in total. The van der Waals surface area contributed by atoms with E-state index in [1.165, 1.54) is 24.3 Å². The molecule has 1 aromatic carbocycles. The monoisotopic (exact) mass is 266 g/mol. The Balaban J connectivity index is 0. The predicted molar refractivity (Wildman–Crippen MR) is 48.4 cm³/mol. The summed E-state index contributed by atoms with van der Waals surface area (Å²) in [5.74, 6) is -2.46. The van der Waals surface area contributed by atoms with E-state index in [2.05, 4.69) is 0 Å². The van der Waals surface area contributed by atoms with Gasteiger partial charge in [0, 0.05) is 0 Å². The zero-order valence-electron chi connectivity index (χ0n) is 8.78. The summed E-state index contributed by atoms with van der Waals surface area (Å²) in [5, 5.41) is 32.4. The largest absolute Gasteiger partial charge is 1.00 e. The van der Waals surface area contributed by atoms with E-state index in [0.717, 1.165) is 0 Å². The number of benzene rings is 1. The standard InChI is InChI=1S/C8H6O4.CH2O3.K/c9-7(10)5-3-1-2-4-6(5)8(11)12;2-1(3)4;/h1-4H,(H,9,10)(H,11,12);(H2,2,3,4);/q;;+1/p-1. The summed E-state index contributed by atoms with van der Waals surface area (Å²) in [7, 11) is 0. The Morgan fingerprint density at radius 2 is 1.12 bits per heavy atom. The van der Waals surface area contributed by atoms with Crippen LogP contribution in [0.5, 0.6) is 0 Å². The van der Waals surface area contributed by atoms with Crippen LogP contribution in [0.1, 0.15) is 20.7 Å². The number of carboxylic acid groups (broad SMARTS) is 4. The van der Waals surface area contributed by atoms with Crippen LogP contribution in [0.2, 0.25) is 0 Å². The molecule has 0 aliphatic heterocycles. The van der Waals surface area contributed by atoms with Gasteiger partial charge in [-0.05, 0) is 12.1 Å². The van der Waals surface area contributed by atoms with Crippen molar-refractivity contribution >= 4 is 18.1 Å². The van der Waals surface area contributed by atoms with E-state index < -0.39 is 18.1 Å². The maximum absolute atomic E-state index is 10.5. The minimum atomic E-state index is -2.08. The van der Waals surface area contributed by atoms with Gasteiger partial charge in [0.15, 0.2) is 0 Å². The van der Waals surface area contributed by atoms with Crippen LogP contribution in [-0.2, 0) is 0 Å². The molecule has 0 spiro atoms. The average molecular weight is 266 g/mol. The van der Waals surface area contributed by atoms with Crippen molar-refractivity contribution in [2.75, 3.05) is 0 Å². The summed E-state index contributed by atoms with van der Waals surface area (Å²) in [4.78, 5) is 29.4. The van der Waals surface area contributed by atoms with Crippen LogP contribution >= 0.6 is 0 Å². The van der Waals surface area contributed by atoms with E-state index in [0.29, 0.717) is 0 Å². The molecular weight excluding hydrogens is 259 g/mol. The Bertz CT molecular complexity index is 379. The summed E-state index contributed by atoms with van der Waals surface area (Å²) >= 11 is 0. The van der Waals surface area contributed by atoms with Crippen molar-refractivity contribution in [2.24, 2.45) is 0 Å². The van der Waals surface area contributed by atoms with Crippen LogP contribution in [-0.4, -0.2) is 33.4 Å². The number of hydrogen-bond acceptors (Lipinski definition) is 4. The van der Waals surface area contributed by atoms with Crippen molar-refractivity contribution in [1.29, 1.82) is 0 Å². The zero-order valence-corrected chi connectivity index (χ0v) is 11.9. The van der Waals surface area contributed by atoms with Crippen molar-refractivity contribution in [3.05, 3.63) is 35.4 Å². The fraction of sp³-hybridized carbons (Fsp3) is 0. The van der Waals surface area contributed by atoms with Gasteiger partial charge in [-0.2, -0.15) is 0 Å². The molecule has 0 aromatic heterocycles. The fourth-order valence-electron chi connectivity index (χ4n) is 0.856. The second-order valence-electron chi connectivity index (χ2n) is 2.42. The maximum Gasteiger partial charge on any atom is 1.00 e. The van der Waals surface area contributed by atoms with E-state index in [1.807, 2.05) is 0 Å². The Hall–Kier alpha value is -0.934. The van der Waals surface area contributed by atoms with Crippen molar-refractivity contribution in [1.82, 2.24) is 0 Å². The van der Waals surface area contributed by atoms with Gasteiger partial charge in [0.2, 0.25) is 6.16 Å². The second-order valence-corrected chi connectivity index (χ2v) is 2.42. The van der Waals surface area contributed by atoms with Gasteiger partial charge in [0.1, 0.15) is 0 Å². The molecule has 17 heavy (non-hydrogen) atoms. The Labute approximate surface area is 138 Å². The molecule has 0 radical (unpaired) electrons. The summed E-state index contributed by atoms with van der Waals surface area (Å²) < 4.78 is 0. The predicted octanol–water partition coefficient (Wildman–Crippen LogP) is -3.03. The molecular formula is C9H7KO7. The molecule has 0 heterocycles. The van der Waals surface area contributed by atoms with Gasteiger partial charge in [-0.25, -0.2) is 9.59 Å². The third-order valence-electron chi connectivity index (χ3n) is 1.39. The molecule has 0 saturated heterocycles. The number of carboxylic acids is 2. The van der Waals surface area contributed by atoms with E-state index in [9.17, 15) is 9.59 Å². The van der Waals surface area contributed by atoms with E-state index in [1.54, 1.807) is 0 Å². The smallest absolute Gasteiger partial charge is 0.565 e. The second kappa shape index (κ2) is 9.13. The topological polar surface area (TPSA) is 135 Å². The Morgan fingerprint density at radius 1 is 0.882 bits per heavy atom. The van der Waals surface area contributed by atoms with Crippen molar-refractivity contribution in [3.63, 3.8) is 0 Å². The van der Waals surface area contributed by atoms with E-state index in [4.69, 9.17) is 25.2 Å². The minimum Gasteiger partial charge on any atom is -0.565 e. The molecule has 0 atom stereocenters. The molecule has 0 amide bonds. The number of rotatable bonds is 2. The van der Waals surface area contributed by atoms with Crippen molar-refractivity contribution < 1.29 is 86.2 Å². The molecule has 1 rings (SSSR count). The summed E-state index contributed by atoms with van der Waals surface area (Å²) in [6.07, 6.45) is -2.08. The van der Waals surface area contributed by atoms with Gasteiger partial charge in [-0.1, -0.05) is 12.1 Å². The van der Waals surface area contributed by atoms with Gasteiger partial charge in [-0.3, -0.25) is 0 Å².